The van der Waals surface area contributed by atoms with Gasteiger partial charge in [-0.3, -0.25) is 24.0 Å². The molecule has 0 radical (unpaired) electrons. The van der Waals surface area contributed by atoms with Gasteiger partial charge in [0.2, 0.25) is 11.8 Å². The number of rotatable bonds is 14. The summed E-state index contributed by atoms with van der Waals surface area (Å²) in [6.45, 7) is 1.46. The van der Waals surface area contributed by atoms with E-state index in [9.17, 15) is 52.9 Å². The number of amides is 5. The molecular weight excluding hydrogens is 832 g/mol. The van der Waals surface area contributed by atoms with Gasteiger partial charge in [-0.05, 0) is 103 Å². The largest absolute Gasteiger partial charge is 0.586 e. The van der Waals surface area contributed by atoms with Gasteiger partial charge in [0.25, 0.3) is 17.7 Å². The lowest BCUT2D eigenvalue weighted by atomic mass is 10.1. The molecule has 5 amide bonds. The van der Waals surface area contributed by atoms with Crippen molar-refractivity contribution in [3.63, 3.8) is 0 Å². The highest BCUT2D eigenvalue weighted by atomic mass is 19.3. The fraction of sp³-hybridized carbons (Fsp3) is 0.116. The maximum absolute atomic E-state index is 13.3. The van der Waals surface area contributed by atoms with Crippen LogP contribution in [-0.4, -0.2) is 77.4 Å². The third kappa shape index (κ3) is 10.2. The lowest BCUT2D eigenvalue weighted by molar-refractivity contribution is -0.286. The summed E-state index contributed by atoms with van der Waals surface area (Å²) in [4.78, 5) is 75.8. The van der Waals surface area contributed by atoms with Crippen LogP contribution in [0.1, 0.15) is 53.9 Å². The molecule has 8 N–H and O–H groups in total. The molecule has 63 heavy (non-hydrogen) atoms. The van der Waals surface area contributed by atoms with Gasteiger partial charge < -0.3 is 60.9 Å². The summed E-state index contributed by atoms with van der Waals surface area (Å²) in [5.74, 6) is -6.93. The molecule has 0 fully saturated rings. The second kappa shape index (κ2) is 18.3. The fourth-order valence-electron chi connectivity index (χ4n) is 5.92. The van der Waals surface area contributed by atoms with Crippen molar-refractivity contribution < 1.29 is 71.8 Å². The van der Waals surface area contributed by atoms with E-state index < -0.39 is 64.9 Å². The number of phenolic OH excluding ortho intramolecular Hbond substituents is 1. The van der Waals surface area contributed by atoms with Crippen molar-refractivity contribution in [3.8, 4) is 34.5 Å². The topological polar surface area (TPSA) is 260 Å². The predicted molar refractivity (Wildman–Crippen MR) is 221 cm³/mol. The maximum atomic E-state index is 13.3. The molecule has 18 nitrogen and oxygen atoms in total. The quantitative estimate of drug-likeness (QED) is 0.0592. The van der Waals surface area contributed by atoms with Crippen molar-refractivity contribution in [2.75, 3.05) is 35.5 Å². The van der Waals surface area contributed by atoms with Crippen molar-refractivity contribution in [3.05, 3.63) is 125 Å². The third-order valence-electron chi connectivity index (χ3n) is 9.07. The minimum Gasteiger partial charge on any atom is -0.504 e. The first-order valence-corrected chi connectivity index (χ1v) is 18.3. The maximum Gasteiger partial charge on any atom is 0.586 e. The molecule has 0 unspecified atom stereocenters. The van der Waals surface area contributed by atoms with Gasteiger partial charge in [0.05, 0.1) is 31.2 Å². The smallest absolute Gasteiger partial charge is 0.504 e. The SMILES string of the molecule is COc1c(NC(=O)c2ccc(NC(=O)c3ccc(NC(=O)[C@H](C)NC(=O)c4ccc(NC(=O)/C=C/c5ccc6c(c5)OC(F)(F)O6)cc4)cc3)c(OC)c2O)ccc(C(=O)O)c1O. The number of anilines is 4. The Kier molecular flexibility index (Phi) is 12.7. The summed E-state index contributed by atoms with van der Waals surface area (Å²) < 4.78 is 45.6. The normalized spacial score (nSPS) is 12.7. The average Bonchev–Trinajstić information content (AvgIpc) is 3.56. The highest BCUT2D eigenvalue weighted by molar-refractivity contribution is 6.10. The Hall–Kier alpha value is -8.68. The van der Waals surface area contributed by atoms with Crippen molar-refractivity contribution in [1.82, 2.24) is 5.32 Å². The summed E-state index contributed by atoms with van der Waals surface area (Å²) in [5, 5.41) is 43.2. The Bertz CT molecular complexity index is 2670. The van der Waals surface area contributed by atoms with E-state index in [-0.39, 0.29) is 51.1 Å². The van der Waals surface area contributed by atoms with Gasteiger partial charge in [0.15, 0.2) is 34.5 Å². The van der Waals surface area contributed by atoms with E-state index in [1.54, 1.807) is 0 Å². The first-order valence-electron chi connectivity index (χ1n) is 18.3. The number of phenols is 2. The number of fused-ring (bicyclic) bond motifs is 1. The Morgan fingerprint density at radius 1 is 0.651 bits per heavy atom. The Morgan fingerprint density at radius 3 is 1.76 bits per heavy atom. The number of carboxylic acid groups (broad SMARTS) is 1. The Morgan fingerprint density at radius 2 is 1.17 bits per heavy atom. The molecular formula is C43H35F2N5O13. The van der Waals surface area contributed by atoms with Crippen LogP contribution in [-0.2, 0) is 9.59 Å². The third-order valence-corrected chi connectivity index (χ3v) is 9.07. The number of carbonyl (C=O) groups is 6. The molecule has 1 atom stereocenters. The summed E-state index contributed by atoms with van der Waals surface area (Å²) in [6.07, 6.45) is -1.20. The van der Waals surface area contributed by atoms with Crippen LogP contribution in [0.25, 0.3) is 6.08 Å². The van der Waals surface area contributed by atoms with Crippen molar-refractivity contribution in [2.24, 2.45) is 0 Å². The van der Waals surface area contributed by atoms with E-state index >= 15 is 0 Å². The number of carboxylic acids is 1. The first-order chi connectivity index (χ1) is 30.0. The van der Waals surface area contributed by atoms with Crippen molar-refractivity contribution in [2.45, 2.75) is 19.3 Å². The first kappa shape index (κ1) is 43.9. The molecule has 324 valence electrons. The van der Waals surface area contributed by atoms with Gasteiger partial charge in [0.1, 0.15) is 11.6 Å². The standard InChI is InChI=1S/C43H35F2N5O13/c1-21(46-39(55)23-6-10-25(11-7-23)47-33(51)19-5-22-4-18-31-32(20-22)63-43(44,45)62-31)38(54)48-26-12-8-24(9-13-26)40(56)49-29-16-14-27(34(52)36(29)60-2)41(57)50-30-17-15-28(42(58)59)35(53)37(30)61-3/h4-21,52-53H,1-3H3,(H,46,55)(H,47,51)(H,48,54)(H,49,56)(H,50,57)(H,58,59)/b19-5+/t21-/m0/s1. The number of aromatic hydroxyl groups is 2. The highest BCUT2D eigenvalue weighted by Crippen LogP contribution is 2.42. The molecule has 0 spiro atoms. The number of hydrogen-bond donors (Lipinski definition) is 8. The van der Waals surface area contributed by atoms with Crippen LogP contribution in [0.2, 0.25) is 0 Å². The van der Waals surface area contributed by atoms with Gasteiger partial charge in [-0.2, -0.15) is 0 Å². The molecule has 1 aliphatic rings. The number of ether oxygens (including phenoxy) is 4. The van der Waals surface area contributed by atoms with E-state index in [0.29, 0.717) is 16.9 Å². The van der Waals surface area contributed by atoms with Crippen LogP contribution in [0.15, 0.2) is 97.1 Å². The Balaban J connectivity index is 0.993. The molecule has 20 heteroatoms. The van der Waals surface area contributed by atoms with Crippen LogP contribution in [0, 0.1) is 0 Å². The summed E-state index contributed by atoms with van der Waals surface area (Å²) in [5.41, 5.74) is 0.490. The highest BCUT2D eigenvalue weighted by Gasteiger charge is 2.43. The minimum absolute atomic E-state index is 0.00917. The van der Waals surface area contributed by atoms with E-state index in [1.165, 1.54) is 111 Å². The molecule has 0 saturated carbocycles. The second-order valence-corrected chi connectivity index (χ2v) is 13.3. The zero-order valence-corrected chi connectivity index (χ0v) is 33.1. The molecule has 0 aromatic heterocycles. The second-order valence-electron chi connectivity index (χ2n) is 13.3. The number of halogens is 2. The van der Waals surface area contributed by atoms with Gasteiger partial charge in [-0.15, -0.1) is 8.78 Å². The number of hydrogen-bond acceptors (Lipinski definition) is 12. The van der Waals surface area contributed by atoms with Gasteiger partial charge in [-0.1, -0.05) is 6.07 Å². The monoisotopic (exact) mass is 867 g/mol. The van der Waals surface area contributed by atoms with E-state index in [4.69, 9.17) is 9.47 Å². The van der Waals surface area contributed by atoms with Crippen LogP contribution < -0.4 is 45.5 Å². The number of aromatic carboxylic acids is 1. The molecule has 1 aliphatic heterocycles. The van der Waals surface area contributed by atoms with Gasteiger partial charge in [0, 0.05) is 28.6 Å². The zero-order chi connectivity index (χ0) is 45.6. The van der Waals surface area contributed by atoms with Gasteiger partial charge in [-0.25, -0.2) is 4.79 Å². The van der Waals surface area contributed by atoms with Crippen LogP contribution in [0.4, 0.5) is 31.5 Å². The Labute approximate surface area is 355 Å². The molecule has 0 saturated heterocycles. The van der Waals surface area contributed by atoms with E-state index in [1.807, 2.05) is 0 Å². The number of benzene rings is 5. The molecule has 5 aromatic carbocycles. The molecule has 1 heterocycles. The number of carbonyl (C=O) groups excluding carboxylic acids is 5. The lowest BCUT2D eigenvalue weighted by Crippen LogP contribution is -2.41. The average molecular weight is 868 g/mol. The van der Waals surface area contributed by atoms with E-state index in [0.717, 1.165) is 13.2 Å². The zero-order valence-electron chi connectivity index (χ0n) is 33.1. The predicted octanol–water partition coefficient (Wildman–Crippen LogP) is 6.05. The summed E-state index contributed by atoms with van der Waals surface area (Å²) in [7, 11) is 2.35. The summed E-state index contributed by atoms with van der Waals surface area (Å²) in [6, 6.07) is 19.3. The number of nitrogens with one attached hydrogen (secondary N) is 5. The molecule has 5 aromatic rings. The van der Waals surface area contributed by atoms with Crippen LogP contribution >= 0.6 is 0 Å². The van der Waals surface area contributed by atoms with E-state index in [2.05, 4.69) is 36.1 Å². The minimum atomic E-state index is -3.76. The van der Waals surface area contributed by atoms with Crippen LogP contribution in [0.3, 0.4) is 0 Å². The molecule has 6 rings (SSSR count). The fourth-order valence-corrected chi connectivity index (χ4v) is 5.92. The van der Waals surface area contributed by atoms with Gasteiger partial charge >= 0.3 is 12.3 Å². The van der Waals surface area contributed by atoms with Crippen molar-refractivity contribution in [1.29, 1.82) is 0 Å². The summed E-state index contributed by atoms with van der Waals surface area (Å²) >= 11 is 0. The lowest BCUT2D eigenvalue weighted by Gasteiger charge is -2.16. The molecule has 0 aliphatic carbocycles. The molecule has 0 bridgehead atoms. The number of alkyl halides is 2. The number of methoxy groups -OCH3 is 2. The van der Waals surface area contributed by atoms with Crippen molar-refractivity contribution >= 4 is 64.3 Å². The van der Waals surface area contributed by atoms with Crippen LogP contribution in [0.5, 0.6) is 34.5 Å².